The van der Waals surface area contributed by atoms with Crippen LogP contribution in [0.4, 0.5) is 0 Å². The van der Waals surface area contributed by atoms with Gasteiger partial charge in [0.1, 0.15) is 0 Å². The molecule has 36 valence electrons. The molecule has 1 saturated heterocycles. The molecule has 0 unspecified atom stereocenters. The fourth-order valence-electron chi connectivity index (χ4n) is 0.739. The van der Waals surface area contributed by atoms with Gasteiger partial charge in [-0.15, -0.1) is 0 Å². The molecular formula is C5H10O. The molecule has 0 N–H and O–H groups in total. The first-order valence-electron chi connectivity index (χ1n) is 2.51. The third-order valence-electron chi connectivity index (χ3n) is 1.16. The number of hydrogen-bond donors (Lipinski definition) is 0. The van der Waals surface area contributed by atoms with Gasteiger partial charge in [-0.25, -0.2) is 0 Å². The molecule has 0 aromatic rings. The molecule has 6 heavy (non-hydrogen) atoms. The summed E-state index contributed by atoms with van der Waals surface area (Å²) in [5.74, 6) is 0. The van der Waals surface area contributed by atoms with Crippen molar-refractivity contribution in [3.8, 4) is 0 Å². The van der Waals surface area contributed by atoms with Crippen molar-refractivity contribution in [2.45, 2.75) is 25.9 Å². The van der Waals surface area contributed by atoms with Crippen LogP contribution in [0.5, 0.6) is 0 Å². The molecule has 0 saturated carbocycles. The Morgan fingerprint density at radius 3 is 2.67 bits per heavy atom. The van der Waals surface area contributed by atoms with Gasteiger partial charge in [0, 0.05) is 6.61 Å². The first kappa shape index (κ1) is 4.13. The van der Waals surface area contributed by atoms with Crippen molar-refractivity contribution in [3.05, 3.63) is 0 Å². The Labute approximate surface area is 38.3 Å². The zero-order valence-electron chi connectivity index (χ0n) is 4.11. The highest BCUT2D eigenvalue weighted by molar-refractivity contribution is 4.56. The molecule has 0 aliphatic carbocycles. The Bertz CT molecular complexity index is 37.2. The fraction of sp³-hybridized carbons (Fsp3) is 1.00. The predicted molar refractivity (Wildman–Crippen MR) is 24.6 cm³/mol. The average molecular weight is 86.1 g/mol. The second-order valence-electron chi connectivity index (χ2n) is 1.82. The van der Waals surface area contributed by atoms with E-state index in [-0.39, 0.29) is 0 Å². The van der Waals surface area contributed by atoms with Crippen LogP contribution in [0, 0.1) is 0 Å². The lowest BCUT2D eigenvalue weighted by molar-refractivity contribution is 0.125. The van der Waals surface area contributed by atoms with Gasteiger partial charge in [-0.3, -0.25) is 0 Å². The van der Waals surface area contributed by atoms with E-state index < -0.39 is 0 Å². The van der Waals surface area contributed by atoms with Crippen molar-refractivity contribution in [1.29, 1.82) is 0 Å². The second kappa shape index (κ2) is 1.61. The lowest BCUT2D eigenvalue weighted by Gasteiger charge is -1.94. The summed E-state index contributed by atoms with van der Waals surface area (Å²) in [4.78, 5) is 0. The van der Waals surface area contributed by atoms with Gasteiger partial charge < -0.3 is 4.74 Å². The molecule has 1 atom stereocenters. The highest BCUT2D eigenvalue weighted by atomic mass is 16.5. The molecule has 0 amide bonds. The first-order valence-corrected chi connectivity index (χ1v) is 2.51. The highest BCUT2D eigenvalue weighted by Gasteiger charge is 2.07. The van der Waals surface area contributed by atoms with Crippen LogP contribution >= 0.6 is 0 Å². The number of ether oxygens (including phenoxy) is 1. The Balaban J connectivity index is 2.18. The maximum Gasteiger partial charge on any atom is 0.0547 e. The van der Waals surface area contributed by atoms with Crippen LogP contribution in [-0.4, -0.2) is 12.7 Å². The molecular weight excluding hydrogens is 76.1 g/mol. The topological polar surface area (TPSA) is 9.23 Å². The fourth-order valence-corrected chi connectivity index (χ4v) is 0.739. The van der Waals surface area contributed by atoms with Gasteiger partial charge in [-0.05, 0) is 19.8 Å². The van der Waals surface area contributed by atoms with Gasteiger partial charge in [-0.2, -0.15) is 0 Å². The average Bonchev–Trinajstić information content (AvgIpc) is 1.86. The molecule has 1 rings (SSSR count). The standard InChI is InChI=1S/C5H10O/c1-5-3-2-4-6-5/h5H,2-4H2,1H3/t5-/m1/s1. The smallest absolute Gasteiger partial charge is 0.0547 e. The molecule has 0 bridgehead atoms. The summed E-state index contributed by atoms with van der Waals surface area (Å²) in [5.41, 5.74) is 0. The monoisotopic (exact) mass is 86.1 g/mol. The van der Waals surface area contributed by atoms with Crippen molar-refractivity contribution in [2.75, 3.05) is 6.61 Å². The Kier molecular flexibility index (Phi) is 1.10. The largest absolute Gasteiger partial charge is 0.379 e. The summed E-state index contributed by atoms with van der Waals surface area (Å²) in [6.07, 6.45) is 3.08. The molecule has 1 nitrogen and oxygen atoms in total. The molecule has 1 heterocycles. The van der Waals surface area contributed by atoms with Gasteiger partial charge in [-0.1, -0.05) is 0 Å². The van der Waals surface area contributed by atoms with Crippen LogP contribution in [-0.2, 0) is 4.74 Å². The predicted octanol–water partition coefficient (Wildman–Crippen LogP) is 1.19. The quantitative estimate of drug-likeness (QED) is 0.430. The van der Waals surface area contributed by atoms with E-state index in [2.05, 4.69) is 6.92 Å². The van der Waals surface area contributed by atoms with Crippen LogP contribution in [0.15, 0.2) is 0 Å². The number of hydrogen-bond acceptors (Lipinski definition) is 1. The van der Waals surface area contributed by atoms with Crippen molar-refractivity contribution >= 4 is 0 Å². The van der Waals surface area contributed by atoms with Crippen molar-refractivity contribution < 1.29 is 4.74 Å². The van der Waals surface area contributed by atoms with E-state index in [0.29, 0.717) is 6.10 Å². The Morgan fingerprint density at radius 2 is 2.50 bits per heavy atom. The zero-order chi connectivity index (χ0) is 4.41. The van der Waals surface area contributed by atoms with E-state index in [9.17, 15) is 0 Å². The molecule has 0 aromatic carbocycles. The van der Waals surface area contributed by atoms with E-state index >= 15 is 0 Å². The summed E-state index contributed by atoms with van der Waals surface area (Å²) in [6.45, 7) is 3.11. The minimum atomic E-state index is 0.546. The number of rotatable bonds is 0. The zero-order valence-corrected chi connectivity index (χ0v) is 4.11. The molecule has 0 aromatic heterocycles. The minimum Gasteiger partial charge on any atom is -0.379 e. The SMILES string of the molecule is C[C@@H]1CCCO1. The summed E-state index contributed by atoms with van der Waals surface area (Å²) >= 11 is 0. The molecule has 0 radical (unpaired) electrons. The van der Waals surface area contributed by atoms with Crippen LogP contribution in [0.2, 0.25) is 0 Å². The van der Waals surface area contributed by atoms with E-state index in [1.165, 1.54) is 12.8 Å². The van der Waals surface area contributed by atoms with Gasteiger partial charge in [0.25, 0.3) is 0 Å². The van der Waals surface area contributed by atoms with Gasteiger partial charge >= 0.3 is 0 Å². The summed E-state index contributed by atoms with van der Waals surface area (Å²) in [7, 11) is 0. The van der Waals surface area contributed by atoms with Crippen molar-refractivity contribution in [2.24, 2.45) is 0 Å². The van der Waals surface area contributed by atoms with Crippen molar-refractivity contribution in [1.82, 2.24) is 0 Å². The van der Waals surface area contributed by atoms with Gasteiger partial charge in [0.2, 0.25) is 0 Å². The molecule has 0 spiro atoms. The van der Waals surface area contributed by atoms with Crippen LogP contribution in [0.3, 0.4) is 0 Å². The third-order valence-corrected chi connectivity index (χ3v) is 1.16. The lowest BCUT2D eigenvalue weighted by Crippen LogP contribution is -1.94. The summed E-state index contributed by atoms with van der Waals surface area (Å²) in [6, 6.07) is 0. The minimum absolute atomic E-state index is 0.546. The van der Waals surface area contributed by atoms with Gasteiger partial charge in [0.05, 0.1) is 6.10 Å². The Hall–Kier alpha value is -0.0400. The highest BCUT2D eigenvalue weighted by Crippen LogP contribution is 2.09. The summed E-state index contributed by atoms with van der Waals surface area (Å²) < 4.78 is 5.15. The third kappa shape index (κ3) is 0.716. The second-order valence-corrected chi connectivity index (χ2v) is 1.82. The van der Waals surface area contributed by atoms with Crippen LogP contribution in [0.25, 0.3) is 0 Å². The van der Waals surface area contributed by atoms with E-state index in [4.69, 9.17) is 4.74 Å². The lowest BCUT2D eigenvalue weighted by atomic mass is 10.3. The van der Waals surface area contributed by atoms with E-state index in [1.54, 1.807) is 0 Å². The van der Waals surface area contributed by atoms with Crippen molar-refractivity contribution in [3.63, 3.8) is 0 Å². The molecule has 1 heteroatoms. The van der Waals surface area contributed by atoms with Crippen LogP contribution < -0.4 is 0 Å². The van der Waals surface area contributed by atoms with Gasteiger partial charge in [0.15, 0.2) is 0 Å². The molecule has 1 aliphatic heterocycles. The summed E-state index contributed by atoms with van der Waals surface area (Å²) in [5, 5.41) is 0. The molecule has 1 aliphatic rings. The maximum absolute atomic E-state index is 5.15. The first-order chi connectivity index (χ1) is 2.89. The normalized spacial score (nSPS) is 34.5. The van der Waals surface area contributed by atoms with E-state index in [0.717, 1.165) is 6.61 Å². The maximum atomic E-state index is 5.15. The molecule has 1 fully saturated rings. The van der Waals surface area contributed by atoms with Crippen LogP contribution in [0.1, 0.15) is 19.8 Å². The Morgan fingerprint density at radius 1 is 1.67 bits per heavy atom. The van der Waals surface area contributed by atoms with E-state index in [1.807, 2.05) is 0 Å².